The fraction of sp³-hybridized carbons (Fsp3) is 0.750. The predicted molar refractivity (Wildman–Crippen MR) is 119 cm³/mol. The molecular formula is C24H32F3N5O3. The zero-order valence-corrected chi connectivity index (χ0v) is 20.3. The summed E-state index contributed by atoms with van der Waals surface area (Å²) in [7, 11) is 0. The van der Waals surface area contributed by atoms with Crippen molar-refractivity contribution >= 4 is 17.7 Å². The summed E-state index contributed by atoms with van der Waals surface area (Å²) in [6.07, 6.45) is -2.00. The number of nitrogens with zero attached hydrogens (tertiary/aromatic N) is 2. The highest BCUT2D eigenvalue weighted by Crippen LogP contribution is 2.65. The lowest BCUT2D eigenvalue weighted by atomic mass is 9.85. The van der Waals surface area contributed by atoms with E-state index in [1.54, 1.807) is 13.8 Å². The highest BCUT2D eigenvalue weighted by Gasteiger charge is 2.70. The molecule has 0 radical (unpaired) electrons. The molecule has 35 heavy (non-hydrogen) atoms. The van der Waals surface area contributed by atoms with Gasteiger partial charge in [-0.05, 0) is 42.6 Å². The molecule has 2 unspecified atom stereocenters. The first-order valence-electron chi connectivity index (χ1n) is 12.0. The molecule has 2 saturated heterocycles. The Labute approximate surface area is 202 Å². The van der Waals surface area contributed by atoms with Crippen LogP contribution in [0.1, 0.15) is 47.0 Å². The van der Waals surface area contributed by atoms with Crippen molar-refractivity contribution in [3.8, 4) is 6.07 Å². The van der Waals surface area contributed by atoms with Crippen LogP contribution in [0.15, 0.2) is 11.8 Å². The number of alkyl halides is 3. The van der Waals surface area contributed by atoms with Crippen molar-refractivity contribution < 1.29 is 27.6 Å². The second-order valence-corrected chi connectivity index (χ2v) is 11.4. The Morgan fingerprint density at radius 1 is 1.31 bits per heavy atom. The van der Waals surface area contributed by atoms with E-state index in [1.165, 1.54) is 4.90 Å². The Morgan fingerprint density at radius 2 is 2.00 bits per heavy atom. The van der Waals surface area contributed by atoms with Crippen LogP contribution in [0.2, 0.25) is 0 Å². The quantitative estimate of drug-likeness (QED) is 0.539. The van der Waals surface area contributed by atoms with Crippen LogP contribution in [-0.2, 0) is 14.4 Å². The lowest BCUT2D eigenvalue weighted by molar-refractivity contribution is -0.143. The third-order valence-corrected chi connectivity index (χ3v) is 8.26. The van der Waals surface area contributed by atoms with Crippen LogP contribution in [0.25, 0.3) is 0 Å². The number of carbonyl (C=O) groups is 3. The molecule has 6 atom stereocenters. The Kier molecular flexibility index (Phi) is 6.09. The van der Waals surface area contributed by atoms with E-state index in [-0.39, 0.29) is 42.0 Å². The number of carbonyl (C=O) groups excluding carboxylic acids is 3. The van der Waals surface area contributed by atoms with Gasteiger partial charge in [0.1, 0.15) is 23.8 Å². The summed E-state index contributed by atoms with van der Waals surface area (Å²) < 4.78 is 40.0. The lowest BCUT2D eigenvalue weighted by Gasteiger charge is -2.36. The maximum atomic E-state index is 13.5. The Hall–Kier alpha value is -2.77. The highest BCUT2D eigenvalue weighted by atomic mass is 19.4. The molecule has 0 aromatic heterocycles. The molecular weight excluding hydrogens is 463 g/mol. The molecule has 8 nitrogen and oxygen atoms in total. The van der Waals surface area contributed by atoms with Crippen molar-refractivity contribution in [3.05, 3.63) is 11.8 Å². The summed E-state index contributed by atoms with van der Waals surface area (Å²) in [5.41, 5.74) is -2.26. The third kappa shape index (κ3) is 4.47. The number of fused-ring (bicyclic) bond motifs is 1. The van der Waals surface area contributed by atoms with Crippen LogP contribution in [0.3, 0.4) is 0 Å². The largest absolute Gasteiger partial charge is 0.430 e. The average molecular weight is 496 g/mol. The Balaban J connectivity index is 1.50. The molecule has 3 N–H and O–H groups in total. The number of halogens is 3. The Bertz CT molecular complexity index is 999. The molecule has 0 spiro atoms. The van der Waals surface area contributed by atoms with Gasteiger partial charge >= 0.3 is 6.18 Å². The zero-order valence-electron chi connectivity index (χ0n) is 20.3. The number of rotatable bonds is 5. The van der Waals surface area contributed by atoms with E-state index in [2.05, 4.69) is 16.0 Å². The van der Waals surface area contributed by atoms with Crippen LogP contribution >= 0.6 is 0 Å². The van der Waals surface area contributed by atoms with E-state index in [0.717, 1.165) is 12.5 Å². The SMILES string of the molecule is CC1(C)C2CN(C(=O)[C@H]3NC(C(F)(F)F)=CC3(C)C)[C@H](C(=O)N[C@H](C#N)C[C@@H]3CCCNC3=O)C21. The first-order chi connectivity index (χ1) is 16.2. The van der Waals surface area contributed by atoms with Gasteiger partial charge in [0.15, 0.2) is 0 Å². The van der Waals surface area contributed by atoms with E-state index < -0.39 is 47.2 Å². The second-order valence-electron chi connectivity index (χ2n) is 11.4. The minimum absolute atomic E-state index is 0.0476. The summed E-state index contributed by atoms with van der Waals surface area (Å²) in [5, 5.41) is 17.4. The van der Waals surface area contributed by atoms with Gasteiger partial charge in [-0.25, -0.2) is 0 Å². The van der Waals surface area contributed by atoms with Gasteiger partial charge in [0.2, 0.25) is 17.7 Å². The molecule has 0 aromatic rings. The molecule has 3 aliphatic heterocycles. The zero-order chi connectivity index (χ0) is 25.9. The second kappa shape index (κ2) is 8.42. The number of amides is 3. The summed E-state index contributed by atoms with van der Waals surface area (Å²) in [4.78, 5) is 40.4. The van der Waals surface area contributed by atoms with Crippen molar-refractivity contribution in [2.75, 3.05) is 13.1 Å². The van der Waals surface area contributed by atoms with Crippen LogP contribution in [-0.4, -0.2) is 60.0 Å². The number of nitriles is 1. The first kappa shape index (κ1) is 25.3. The molecule has 3 heterocycles. The minimum atomic E-state index is -4.61. The summed E-state index contributed by atoms with van der Waals surface area (Å²) in [6, 6.07) is -0.904. The van der Waals surface area contributed by atoms with Gasteiger partial charge in [-0.2, -0.15) is 18.4 Å². The number of likely N-dealkylation sites (tertiary alicyclic amines) is 1. The molecule has 4 rings (SSSR count). The third-order valence-electron chi connectivity index (χ3n) is 8.26. The summed E-state index contributed by atoms with van der Waals surface area (Å²) >= 11 is 0. The molecule has 0 bridgehead atoms. The van der Waals surface area contributed by atoms with Crippen molar-refractivity contribution in [1.82, 2.24) is 20.9 Å². The minimum Gasteiger partial charge on any atom is -0.369 e. The van der Waals surface area contributed by atoms with Crippen LogP contribution in [0.5, 0.6) is 0 Å². The molecule has 1 saturated carbocycles. The number of piperidine rings is 2. The van der Waals surface area contributed by atoms with Gasteiger partial charge in [0, 0.05) is 24.4 Å². The van der Waals surface area contributed by atoms with Crippen molar-refractivity contribution in [1.29, 1.82) is 5.26 Å². The normalized spacial score (nSPS) is 33.5. The standard InChI is InChI=1S/C24H32F3N5O3/c1-22(2)9-15(24(25,26)27)31-18(22)21(35)32-11-14-16(23(14,3)4)17(32)20(34)30-13(10-28)8-12-6-5-7-29-19(12)33/h9,12-14,16-18,31H,5-8,11H2,1-4H3,(H,29,33)(H,30,34)/t12-,13-,14?,16?,17-,18+/m0/s1. The first-order valence-corrected chi connectivity index (χ1v) is 12.0. The van der Waals surface area contributed by atoms with E-state index in [1.807, 2.05) is 19.9 Å². The fourth-order valence-electron chi connectivity index (χ4n) is 6.11. The van der Waals surface area contributed by atoms with Gasteiger partial charge in [0.05, 0.1) is 6.07 Å². The maximum Gasteiger partial charge on any atom is 0.430 e. The van der Waals surface area contributed by atoms with E-state index in [4.69, 9.17) is 0 Å². The van der Waals surface area contributed by atoms with E-state index in [0.29, 0.717) is 13.0 Å². The number of nitrogens with one attached hydrogen (secondary N) is 3. The predicted octanol–water partition coefficient (Wildman–Crippen LogP) is 1.84. The van der Waals surface area contributed by atoms with Gasteiger partial charge in [-0.3, -0.25) is 14.4 Å². The molecule has 4 aliphatic rings. The van der Waals surface area contributed by atoms with E-state index in [9.17, 15) is 32.8 Å². The molecule has 0 aromatic carbocycles. The maximum absolute atomic E-state index is 13.5. The topological polar surface area (TPSA) is 114 Å². The van der Waals surface area contributed by atoms with Crippen molar-refractivity contribution in [3.63, 3.8) is 0 Å². The van der Waals surface area contributed by atoms with Crippen LogP contribution in [0.4, 0.5) is 13.2 Å². The molecule has 3 fully saturated rings. The van der Waals surface area contributed by atoms with Gasteiger partial charge < -0.3 is 20.9 Å². The van der Waals surface area contributed by atoms with Crippen LogP contribution < -0.4 is 16.0 Å². The average Bonchev–Trinajstić information content (AvgIpc) is 3.10. The molecule has 11 heteroatoms. The molecule has 3 amide bonds. The van der Waals surface area contributed by atoms with Crippen molar-refractivity contribution in [2.24, 2.45) is 28.6 Å². The molecule has 192 valence electrons. The molecule has 1 aliphatic carbocycles. The number of allylic oxidation sites excluding steroid dienone is 1. The van der Waals surface area contributed by atoms with Crippen LogP contribution in [0, 0.1) is 39.9 Å². The fourth-order valence-corrected chi connectivity index (χ4v) is 6.11. The van der Waals surface area contributed by atoms with Gasteiger partial charge in [-0.1, -0.05) is 27.7 Å². The number of hydrogen-bond acceptors (Lipinski definition) is 5. The van der Waals surface area contributed by atoms with Gasteiger partial charge in [-0.15, -0.1) is 0 Å². The Morgan fingerprint density at radius 3 is 2.57 bits per heavy atom. The van der Waals surface area contributed by atoms with E-state index >= 15 is 0 Å². The monoisotopic (exact) mass is 495 g/mol. The smallest absolute Gasteiger partial charge is 0.369 e. The summed E-state index contributed by atoms with van der Waals surface area (Å²) in [6.45, 7) is 7.97. The van der Waals surface area contributed by atoms with Gasteiger partial charge in [0.25, 0.3) is 0 Å². The van der Waals surface area contributed by atoms with Crippen molar-refractivity contribution in [2.45, 2.75) is 71.3 Å². The lowest BCUT2D eigenvalue weighted by Crippen LogP contribution is -2.58. The summed E-state index contributed by atoms with van der Waals surface area (Å²) in [5.74, 6) is -1.69. The number of hydrogen-bond donors (Lipinski definition) is 3. The highest BCUT2D eigenvalue weighted by molar-refractivity contribution is 5.93.